The van der Waals surface area contributed by atoms with E-state index in [-0.39, 0.29) is 11.7 Å². The van der Waals surface area contributed by atoms with Crippen molar-refractivity contribution in [2.45, 2.75) is 32.9 Å². The topological polar surface area (TPSA) is 9.23 Å². The van der Waals surface area contributed by atoms with Crippen molar-refractivity contribution in [2.75, 3.05) is 14.2 Å². The lowest BCUT2D eigenvalue weighted by Gasteiger charge is -2.13. The summed E-state index contributed by atoms with van der Waals surface area (Å²) in [4.78, 5) is 0. The van der Waals surface area contributed by atoms with Gasteiger partial charge in [0.25, 0.3) is 0 Å². The van der Waals surface area contributed by atoms with Crippen LogP contribution in [0.4, 0.5) is 17.6 Å². The Morgan fingerprint density at radius 2 is 1.54 bits per heavy atom. The van der Waals surface area contributed by atoms with E-state index in [1.807, 2.05) is 13.8 Å². The van der Waals surface area contributed by atoms with E-state index in [1.165, 1.54) is 12.1 Å². The molecular formula is C19H22F4O. The molecule has 5 heteroatoms. The van der Waals surface area contributed by atoms with Gasteiger partial charge in [-0.3, -0.25) is 0 Å². The van der Waals surface area contributed by atoms with Crippen LogP contribution in [0.15, 0.2) is 36.4 Å². The van der Waals surface area contributed by atoms with E-state index < -0.39 is 11.7 Å². The molecule has 1 nitrogen and oxygen atoms in total. The molecule has 0 unspecified atom stereocenters. The molecule has 0 N–H and O–H groups in total. The van der Waals surface area contributed by atoms with Gasteiger partial charge in [-0.1, -0.05) is 26.0 Å². The third kappa shape index (κ3) is 5.06. The van der Waals surface area contributed by atoms with Crippen LogP contribution in [0.2, 0.25) is 0 Å². The highest BCUT2D eigenvalue weighted by molar-refractivity contribution is 5.68. The summed E-state index contributed by atoms with van der Waals surface area (Å²) >= 11 is 0. The lowest BCUT2D eigenvalue weighted by molar-refractivity contribution is -0.137. The molecule has 2 aromatic carbocycles. The minimum absolute atomic E-state index is 0.0136. The smallest absolute Gasteiger partial charge is 0.388 e. The first-order valence-corrected chi connectivity index (χ1v) is 7.49. The van der Waals surface area contributed by atoms with Crippen molar-refractivity contribution in [1.82, 2.24) is 0 Å². The van der Waals surface area contributed by atoms with Crippen LogP contribution in [0.3, 0.4) is 0 Å². The number of hydrogen-bond donors (Lipinski definition) is 0. The van der Waals surface area contributed by atoms with Gasteiger partial charge < -0.3 is 4.74 Å². The van der Waals surface area contributed by atoms with Crippen LogP contribution in [0, 0.1) is 12.7 Å². The van der Waals surface area contributed by atoms with Gasteiger partial charge in [-0.05, 0) is 59.4 Å². The number of methoxy groups -OCH3 is 1. The Bertz CT molecular complexity index is 676. The van der Waals surface area contributed by atoms with Crippen molar-refractivity contribution in [3.05, 3.63) is 58.9 Å². The maximum atomic E-state index is 13.7. The number of alkyl halides is 3. The van der Waals surface area contributed by atoms with Crippen molar-refractivity contribution in [3.63, 3.8) is 0 Å². The molecule has 2 rings (SSSR count). The van der Waals surface area contributed by atoms with Gasteiger partial charge >= 0.3 is 6.18 Å². The Labute approximate surface area is 140 Å². The Balaban J connectivity index is 0.000000891. The quantitative estimate of drug-likeness (QED) is 0.590. The second kappa shape index (κ2) is 8.29. The molecule has 0 bridgehead atoms. The lowest BCUT2D eigenvalue weighted by atomic mass is 9.94. The maximum Gasteiger partial charge on any atom is 0.416 e. The van der Waals surface area contributed by atoms with Gasteiger partial charge in [0.05, 0.1) is 5.56 Å². The molecule has 2 aromatic rings. The van der Waals surface area contributed by atoms with E-state index in [1.54, 1.807) is 33.3 Å². The fraction of sp³-hybridized carbons (Fsp3) is 0.368. The first-order chi connectivity index (χ1) is 11.1. The Hall–Kier alpha value is -1.88. The van der Waals surface area contributed by atoms with Gasteiger partial charge in [0, 0.05) is 14.2 Å². The molecule has 0 atom stereocenters. The molecule has 0 saturated carbocycles. The summed E-state index contributed by atoms with van der Waals surface area (Å²) in [6.45, 7) is 5.38. The molecule has 0 radical (unpaired) electrons. The summed E-state index contributed by atoms with van der Waals surface area (Å²) < 4.78 is 56.0. The average Bonchev–Trinajstić information content (AvgIpc) is 2.47. The monoisotopic (exact) mass is 342 g/mol. The first-order valence-electron chi connectivity index (χ1n) is 7.49. The normalized spacial score (nSPS) is 11.2. The predicted octanol–water partition coefficient (Wildman–Crippen LogP) is 6.21. The molecule has 0 fully saturated rings. The Morgan fingerprint density at radius 3 is 2.00 bits per heavy atom. The second-order valence-electron chi connectivity index (χ2n) is 5.83. The molecule has 0 aliphatic heterocycles. The molecule has 0 heterocycles. The Kier molecular flexibility index (Phi) is 6.96. The van der Waals surface area contributed by atoms with Gasteiger partial charge in [0.15, 0.2) is 0 Å². The highest BCUT2D eigenvalue weighted by atomic mass is 19.4. The molecular weight excluding hydrogens is 320 g/mol. The standard InChI is InChI=1S/C17H16F4.C2H6O/c1-10(2)15-9-12(4-7-16(15)18)14-6-5-13(8-11(14)3)17(19,20)21;1-3-2/h4-10H,1-3H3;1-2H3. The van der Waals surface area contributed by atoms with Crippen LogP contribution in [-0.2, 0) is 10.9 Å². The van der Waals surface area contributed by atoms with Crippen molar-refractivity contribution in [3.8, 4) is 11.1 Å². The largest absolute Gasteiger partial charge is 0.416 e. The SMILES string of the molecule is COC.Cc1cc(C(F)(F)F)ccc1-c1ccc(F)c(C(C)C)c1. The van der Waals surface area contributed by atoms with Gasteiger partial charge in [-0.15, -0.1) is 0 Å². The zero-order valence-electron chi connectivity index (χ0n) is 14.5. The van der Waals surface area contributed by atoms with Crippen LogP contribution in [-0.4, -0.2) is 14.2 Å². The molecule has 0 saturated heterocycles. The predicted molar refractivity (Wildman–Crippen MR) is 88.6 cm³/mol. The summed E-state index contributed by atoms with van der Waals surface area (Å²) in [5.41, 5.74) is 1.82. The summed E-state index contributed by atoms with van der Waals surface area (Å²) in [5, 5.41) is 0. The molecule has 0 aliphatic carbocycles. The van der Waals surface area contributed by atoms with Gasteiger partial charge in [0.2, 0.25) is 0 Å². The molecule has 0 spiro atoms. The average molecular weight is 342 g/mol. The van der Waals surface area contributed by atoms with E-state index in [4.69, 9.17) is 0 Å². The van der Waals surface area contributed by atoms with E-state index in [0.717, 1.165) is 17.7 Å². The Morgan fingerprint density at radius 1 is 0.958 bits per heavy atom. The first kappa shape index (κ1) is 20.2. The fourth-order valence-electron chi connectivity index (χ4n) is 2.32. The van der Waals surface area contributed by atoms with Crippen LogP contribution >= 0.6 is 0 Å². The number of benzene rings is 2. The van der Waals surface area contributed by atoms with Gasteiger partial charge in [0.1, 0.15) is 5.82 Å². The van der Waals surface area contributed by atoms with E-state index in [2.05, 4.69) is 4.74 Å². The van der Waals surface area contributed by atoms with Crippen LogP contribution in [0.25, 0.3) is 11.1 Å². The van der Waals surface area contributed by atoms with Crippen molar-refractivity contribution in [2.24, 2.45) is 0 Å². The molecule has 0 aromatic heterocycles. The third-order valence-corrected chi connectivity index (χ3v) is 3.48. The molecule has 0 amide bonds. The number of halogens is 4. The van der Waals surface area contributed by atoms with Crippen molar-refractivity contribution in [1.29, 1.82) is 0 Å². The number of hydrogen-bond acceptors (Lipinski definition) is 1. The van der Waals surface area contributed by atoms with E-state index >= 15 is 0 Å². The highest BCUT2D eigenvalue weighted by Crippen LogP contribution is 2.34. The van der Waals surface area contributed by atoms with Gasteiger partial charge in [-0.2, -0.15) is 13.2 Å². The lowest BCUT2D eigenvalue weighted by Crippen LogP contribution is -2.05. The van der Waals surface area contributed by atoms with Crippen LogP contribution in [0.5, 0.6) is 0 Å². The molecule has 24 heavy (non-hydrogen) atoms. The van der Waals surface area contributed by atoms with E-state index in [0.29, 0.717) is 16.7 Å². The second-order valence-corrected chi connectivity index (χ2v) is 5.83. The zero-order chi connectivity index (χ0) is 18.5. The minimum atomic E-state index is -4.35. The summed E-state index contributed by atoms with van der Waals surface area (Å²) in [5.74, 6) is -0.280. The third-order valence-electron chi connectivity index (χ3n) is 3.48. The number of ether oxygens (including phenoxy) is 1. The molecule has 132 valence electrons. The van der Waals surface area contributed by atoms with Crippen molar-refractivity contribution >= 4 is 0 Å². The summed E-state index contributed by atoms with van der Waals surface area (Å²) in [6.07, 6.45) is -4.35. The summed E-state index contributed by atoms with van der Waals surface area (Å²) in [6, 6.07) is 8.28. The maximum absolute atomic E-state index is 13.7. The number of aryl methyl sites for hydroxylation is 1. The van der Waals surface area contributed by atoms with Crippen LogP contribution in [0.1, 0.15) is 36.5 Å². The zero-order valence-corrected chi connectivity index (χ0v) is 14.5. The van der Waals surface area contributed by atoms with Crippen LogP contribution < -0.4 is 0 Å². The van der Waals surface area contributed by atoms with Gasteiger partial charge in [-0.25, -0.2) is 4.39 Å². The van der Waals surface area contributed by atoms with Crippen molar-refractivity contribution < 1.29 is 22.3 Å². The molecule has 0 aliphatic rings. The highest BCUT2D eigenvalue weighted by Gasteiger charge is 2.30. The minimum Gasteiger partial charge on any atom is -0.388 e. The fourth-order valence-corrected chi connectivity index (χ4v) is 2.32. The van der Waals surface area contributed by atoms with E-state index in [9.17, 15) is 17.6 Å². The number of rotatable bonds is 2. The summed E-state index contributed by atoms with van der Waals surface area (Å²) in [7, 11) is 3.25.